The molecule has 0 bridgehead atoms. The number of hydrogen-bond donors (Lipinski definition) is 0. The Bertz CT molecular complexity index is 61.7. The molecule has 0 spiro atoms. The Hall–Kier alpha value is 0.402. The van der Waals surface area contributed by atoms with Crippen LogP contribution in [0.5, 0.6) is 0 Å². The van der Waals surface area contributed by atoms with E-state index in [1.54, 1.807) is 0 Å². The molecule has 0 saturated heterocycles. The van der Waals surface area contributed by atoms with Crippen LogP contribution in [0.25, 0.3) is 0 Å². The van der Waals surface area contributed by atoms with Crippen LogP contribution >= 0.6 is 0 Å². The van der Waals surface area contributed by atoms with Gasteiger partial charge in [-0.25, -0.2) is 0 Å². The third-order valence-corrected chi connectivity index (χ3v) is 3.49. The van der Waals surface area contributed by atoms with Crippen molar-refractivity contribution in [1.29, 1.82) is 0 Å². The van der Waals surface area contributed by atoms with E-state index in [-0.39, 0.29) is 24.2 Å². The van der Waals surface area contributed by atoms with Crippen molar-refractivity contribution in [2.24, 2.45) is 0 Å². The molecule has 0 atom stereocenters. The van der Waals surface area contributed by atoms with Crippen molar-refractivity contribution in [1.82, 2.24) is 0 Å². The van der Waals surface area contributed by atoms with E-state index in [9.17, 15) is 0 Å². The molecule has 5 heavy (non-hydrogen) atoms. The Morgan fingerprint density at radius 1 is 1.00 bits per heavy atom. The second kappa shape index (κ2) is 1.75. The molecule has 2 radical (unpaired) electrons. The Labute approximate surface area is 43.8 Å². The zero-order valence-electron chi connectivity index (χ0n) is 2.81. The van der Waals surface area contributed by atoms with Crippen LogP contribution in [0.1, 0.15) is 0 Å². The Morgan fingerprint density at radius 2 is 1.60 bits per heavy atom. The van der Waals surface area contributed by atoms with Crippen LogP contribution in [-0.4, -0.2) is 24.2 Å². The van der Waals surface area contributed by atoms with Crippen LogP contribution in [0, 0.1) is 0 Å². The van der Waals surface area contributed by atoms with Gasteiger partial charge in [0, 0.05) is 0 Å². The van der Waals surface area contributed by atoms with Gasteiger partial charge in [-0.2, -0.15) is 0 Å². The number of allylic oxidation sites excluding steroid dienone is 2. The molecule has 0 aromatic rings. The molecule has 1 heterocycles. The molecule has 24 valence electrons. The first-order valence-corrected chi connectivity index (χ1v) is 6.07. The van der Waals surface area contributed by atoms with Crippen molar-refractivity contribution in [2.75, 3.05) is 0 Å². The topological polar surface area (TPSA) is 0 Å². The summed E-state index contributed by atoms with van der Waals surface area (Å²) >= 11 is -0.201. The molecule has 0 unspecified atom stereocenters. The summed E-state index contributed by atoms with van der Waals surface area (Å²) in [6, 6.07) is 0. The molecule has 0 aliphatic carbocycles. The predicted molar refractivity (Wildman–Crippen MR) is 24.0 cm³/mol. The van der Waals surface area contributed by atoms with Gasteiger partial charge in [0.25, 0.3) is 0 Å². The van der Waals surface area contributed by atoms with Crippen LogP contribution in [-0.2, 0) is 0 Å². The zero-order chi connectivity index (χ0) is 3.54. The maximum atomic E-state index is 2.32. The van der Waals surface area contributed by atoms with E-state index < -0.39 is 0 Å². The van der Waals surface area contributed by atoms with Crippen molar-refractivity contribution in [2.45, 2.75) is 0 Å². The predicted octanol–water partition coefficient (Wildman–Crippen LogP) is 0.732. The Kier molecular flexibility index (Phi) is 1.25. The van der Waals surface area contributed by atoms with Gasteiger partial charge in [-0.15, -0.1) is 0 Å². The van der Waals surface area contributed by atoms with Crippen molar-refractivity contribution in [3.8, 4) is 0 Å². The van der Waals surface area contributed by atoms with Crippen molar-refractivity contribution >= 4 is 24.2 Å². The summed E-state index contributed by atoms with van der Waals surface area (Å²) < 4.78 is 4.64. The molecule has 1 aliphatic heterocycles. The van der Waals surface area contributed by atoms with Gasteiger partial charge in [0.05, 0.1) is 0 Å². The Balaban J connectivity index is 2.61. The summed E-state index contributed by atoms with van der Waals surface area (Å²) in [6.45, 7) is 0. The first kappa shape index (κ1) is 3.59. The zero-order valence-corrected chi connectivity index (χ0v) is 6.70. The minimum atomic E-state index is -0.201. The van der Waals surface area contributed by atoms with Crippen LogP contribution in [0.4, 0.5) is 0 Å². The SMILES string of the molecule is C1=[CH][Pb][CH]=C1. The van der Waals surface area contributed by atoms with Crippen LogP contribution < -0.4 is 0 Å². The summed E-state index contributed by atoms with van der Waals surface area (Å²) in [6.07, 6.45) is 4.28. The molecule has 0 saturated carbocycles. The van der Waals surface area contributed by atoms with Gasteiger partial charge >= 0.3 is 43.7 Å². The molecule has 0 amide bonds. The van der Waals surface area contributed by atoms with E-state index in [4.69, 9.17) is 0 Å². The van der Waals surface area contributed by atoms with E-state index in [1.165, 1.54) is 0 Å². The van der Waals surface area contributed by atoms with E-state index in [0.717, 1.165) is 0 Å². The van der Waals surface area contributed by atoms with Gasteiger partial charge in [0.1, 0.15) is 0 Å². The fourth-order valence-electron chi connectivity index (χ4n) is 0.278. The standard InChI is InChI=1S/C4H4.Pb/c1-3-4-2;/h1-4H;. The quantitative estimate of drug-likeness (QED) is 0.563. The van der Waals surface area contributed by atoms with Gasteiger partial charge < -0.3 is 0 Å². The maximum absolute atomic E-state index is 2.32. The molecule has 1 rings (SSSR count). The number of rotatable bonds is 0. The molecule has 0 nitrogen and oxygen atoms in total. The first-order valence-electron chi connectivity index (χ1n) is 1.58. The monoisotopic (exact) mass is 260 g/mol. The normalized spacial score (nSPS) is 17.6. The molecule has 0 aromatic carbocycles. The van der Waals surface area contributed by atoms with Crippen LogP contribution in [0.15, 0.2) is 19.4 Å². The van der Waals surface area contributed by atoms with Gasteiger partial charge in [0.2, 0.25) is 0 Å². The molecular weight excluding hydrogens is 255 g/mol. The van der Waals surface area contributed by atoms with E-state index in [1.807, 2.05) is 0 Å². The van der Waals surface area contributed by atoms with E-state index in [0.29, 0.717) is 0 Å². The molecule has 0 fully saturated rings. The van der Waals surface area contributed by atoms with Crippen LogP contribution in [0.2, 0.25) is 0 Å². The summed E-state index contributed by atoms with van der Waals surface area (Å²) in [4.78, 5) is 0. The molecule has 0 N–H and O–H groups in total. The van der Waals surface area contributed by atoms with Gasteiger partial charge in [-0.1, -0.05) is 0 Å². The fraction of sp³-hybridized carbons (Fsp3) is 0. The average molecular weight is 259 g/mol. The molecule has 0 aromatic heterocycles. The second-order valence-electron chi connectivity index (χ2n) is 0.885. The second-order valence-corrected chi connectivity index (χ2v) is 4.77. The molecule has 1 aliphatic rings. The van der Waals surface area contributed by atoms with Gasteiger partial charge in [0.15, 0.2) is 0 Å². The Morgan fingerprint density at radius 3 is 1.80 bits per heavy atom. The summed E-state index contributed by atoms with van der Waals surface area (Å²) in [7, 11) is 0. The van der Waals surface area contributed by atoms with Gasteiger partial charge in [-0.3, -0.25) is 0 Å². The first-order chi connectivity index (χ1) is 2.50. The summed E-state index contributed by atoms with van der Waals surface area (Å²) in [5, 5.41) is 0. The van der Waals surface area contributed by atoms with Crippen LogP contribution in [0.3, 0.4) is 0 Å². The number of hydrogen-bond acceptors (Lipinski definition) is 0. The molecule has 1 heteroatoms. The van der Waals surface area contributed by atoms with Crippen molar-refractivity contribution in [3.05, 3.63) is 19.4 Å². The molecular formula is C4H4Pb. The average Bonchev–Trinajstić information content (AvgIpc) is 1.76. The third kappa shape index (κ3) is 0.870. The summed E-state index contributed by atoms with van der Waals surface area (Å²) in [5.41, 5.74) is 0. The fourth-order valence-corrected chi connectivity index (χ4v) is 2.44. The van der Waals surface area contributed by atoms with E-state index >= 15 is 0 Å². The van der Waals surface area contributed by atoms with E-state index in [2.05, 4.69) is 19.4 Å². The third-order valence-electron chi connectivity index (χ3n) is 0.496. The van der Waals surface area contributed by atoms with Crippen molar-refractivity contribution < 1.29 is 0 Å². The summed E-state index contributed by atoms with van der Waals surface area (Å²) in [5.74, 6) is 0. The van der Waals surface area contributed by atoms with Gasteiger partial charge in [-0.05, 0) is 0 Å². The van der Waals surface area contributed by atoms with Crippen molar-refractivity contribution in [3.63, 3.8) is 0 Å². The minimum absolute atomic E-state index is 0.201.